The third-order valence-electron chi connectivity index (χ3n) is 2.90. The van der Waals surface area contributed by atoms with Crippen molar-refractivity contribution in [2.45, 2.75) is 13.0 Å². The SMILES string of the molecule is CC(C(=O)NNC(N)=S)N1C(=O)c2ccccc2C1=O. The lowest BCUT2D eigenvalue weighted by Crippen LogP contribution is -2.53. The third kappa shape index (κ3) is 2.32. The van der Waals surface area contributed by atoms with Gasteiger partial charge in [-0.15, -0.1) is 0 Å². The molecule has 0 saturated heterocycles. The molecule has 0 radical (unpaired) electrons. The van der Waals surface area contributed by atoms with E-state index in [4.69, 9.17) is 5.73 Å². The molecule has 1 heterocycles. The van der Waals surface area contributed by atoms with Crippen LogP contribution in [-0.2, 0) is 4.79 Å². The number of hydrogen-bond donors (Lipinski definition) is 3. The van der Waals surface area contributed by atoms with Gasteiger partial charge in [-0.25, -0.2) is 0 Å². The van der Waals surface area contributed by atoms with E-state index in [-0.39, 0.29) is 5.11 Å². The first-order chi connectivity index (χ1) is 9.43. The van der Waals surface area contributed by atoms with Crippen LogP contribution in [0.25, 0.3) is 0 Å². The molecule has 0 bridgehead atoms. The average molecular weight is 292 g/mol. The van der Waals surface area contributed by atoms with Crippen LogP contribution in [0.2, 0.25) is 0 Å². The lowest BCUT2D eigenvalue weighted by atomic mass is 10.1. The molecule has 0 aliphatic carbocycles. The van der Waals surface area contributed by atoms with Crippen molar-refractivity contribution in [3.63, 3.8) is 0 Å². The zero-order valence-corrected chi connectivity index (χ0v) is 11.4. The number of nitrogens with two attached hydrogens (primary N) is 1. The van der Waals surface area contributed by atoms with Crippen molar-refractivity contribution < 1.29 is 14.4 Å². The fourth-order valence-electron chi connectivity index (χ4n) is 1.90. The van der Waals surface area contributed by atoms with Crippen LogP contribution in [0.5, 0.6) is 0 Å². The maximum Gasteiger partial charge on any atom is 0.262 e. The summed E-state index contributed by atoms with van der Waals surface area (Å²) < 4.78 is 0. The molecule has 1 unspecified atom stereocenters. The van der Waals surface area contributed by atoms with E-state index in [0.29, 0.717) is 11.1 Å². The van der Waals surface area contributed by atoms with Gasteiger partial charge < -0.3 is 5.73 Å². The number of amides is 3. The maximum absolute atomic E-state index is 12.1. The molecular formula is C12H12N4O3S. The van der Waals surface area contributed by atoms with Crippen molar-refractivity contribution in [2.24, 2.45) is 5.73 Å². The van der Waals surface area contributed by atoms with E-state index in [0.717, 1.165) is 4.90 Å². The number of thiocarbonyl (C=S) groups is 1. The number of hydrazine groups is 1. The van der Waals surface area contributed by atoms with Gasteiger partial charge in [0.2, 0.25) is 0 Å². The molecule has 1 aromatic rings. The van der Waals surface area contributed by atoms with E-state index < -0.39 is 23.8 Å². The summed E-state index contributed by atoms with van der Waals surface area (Å²) in [6.45, 7) is 1.44. The van der Waals surface area contributed by atoms with Crippen LogP contribution in [0.4, 0.5) is 0 Å². The molecule has 4 N–H and O–H groups in total. The van der Waals surface area contributed by atoms with E-state index in [9.17, 15) is 14.4 Å². The van der Waals surface area contributed by atoms with Crippen LogP contribution in [0, 0.1) is 0 Å². The Morgan fingerprint density at radius 3 is 2.15 bits per heavy atom. The van der Waals surface area contributed by atoms with Crippen LogP contribution < -0.4 is 16.6 Å². The summed E-state index contributed by atoms with van der Waals surface area (Å²) in [5.41, 5.74) is 10.2. The van der Waals surface area contributed by atoms with Gasteiger partial charge in [-0.3, -0.25) is 30.1 Å². The first-order valence-electron chi connectivity index (χ1n) is 5.75. The second-order valence-electron chi connectivity index (χ2n) is 4.18. The highest BCUT2D eigenvalue weighted by atomic mass is 32.1. The predicted octanol–water partition coefficient (Wildman–Crippen LogP) is -0.464. The Morgan fingerprint density at radius 1 is 1.20 bits per heavy atom. The van der Waals surface area contributed by atoms with Gasteiger partial charge in [0.1, 0.15) is 6.04 Å². The second-order valence-corrected chi connectivity index (χ2v) is 4.62. The fourth-order valence-corrected chi connectivity index (χ4v) is 1.96. The predicted molar refractivity (Wildman–Crippen MR) is 74.5 cm³/mol. The first kappa shape index (κ1) is 13.9. The molecule has 1 aliphatic rings. The van der Waals surface area contributed by atoms with E-state index in [1.165, 1.54) is 6.92 Å². The number of nitrogens with zero attached hydrogens (tertiary/aromatic N) is 1. The smallest absolute Gasteiger partial charge is 0.262 e. The highest BCUT2D eigenvalue weighted by molar-refractivity contribution is 7.80. The first-order valence-corrected chi connectivity index (χ1v) is 6.16. The van der Waals surface area contributed by atoms with Crippen molar-refractivity contribution >= 4 is 35.1 Å². The standard InChI is InChI=1S/C12H12N4O3S/c1-6(9(17)14-15-12(13)20)16-10(18)7-4-2-3-5-8(7)11(16)19/h2-6H,1H3,(H,14,17)(H3,13,15,20). The number of imide groups is 1. The van der Waals surface area contributed by atoms with Crippen molar-refractivity contribution in [1.29, 1.82) is 0 Å². The summed E-state index contributed by atoms with van der Waals surface area (Å²) in [5, 5.41) is -0.118. The molecular weight excluding hydrogens is 280 g/mol. The molecule has 1 aromatic carbocycles. The summed E-state index contributed by atoms with van der Waals surface area (Å²) >= 11 is 4.54. The van der Waals surface area contributed by atoms with Crippen molar-refractivity contribution in [2.75, 3.05) is 0 Å². The molecule has 2 rings (SSSR count). The third-order valence-corrected chi connectivity index (χ3v) is 3.00. The van der Waals surface area contributed by atoms with Crippen LogP contribution in [0.15, 0.2) is 24.3 Å². The largest absolute Gasteiger partial charge is 0.375 e. The highest BCUT2D eigenvalue weighted by Crippen LogP contribution is 2.24. The average Bonchev–Trinajstić information content (AvgIpc) is 2.68. The zero-order valence-electron chi connectivity index (χ0n) is 10.5. The zero-order chi connectivity index (χ0) is 14.9. The summed E-state index contributed by atoms with van der Waals surface area (Å²) in [7, 11) is 0. The van der Waals surface area contributed by atoms with Gasteiger partial charge in [0, 0.05) is 0 Å². The molecule has 0 fully saturated rings. The van der Waals surface area contributed by atoms with Gasteiger partial charge in [-0.05, 0) is 31.3 Å². The van der Waals surface area contributed by atoms with E-state index in [1.807, 2.05) is 0 Å². The number of carbonyl (C=O) groups is 3. The number of rotatable bonds is 2. The van der Waals surface area contributed by atoms with Gasteiger partial charge in [-0.2, -0.15) is 0 Å². The van der Waals surface area contributed by atoms with Gasteiger partial charge >= 0.3 is 0 Å². The Balaban J connectivity index is 2.19. The molecule has 0 spiro atoms. The molecule has 3 amide bonds. The lowest BCUT2D eigenvalue weighted by molar-refractivity contribution is -0.125. The Hall–Kier alpha value is -2.48. The fraction of sp³-hybridized carbons (Fsp3) is 0.167. The number of nitrogens with one attached hydrogen (secondary N) is 2. The minimum absolute atomic E-state index is 0.118. The van der Waals surface area contributed by atoms with E-state index in [2.05, 4.69) is 23.1 Å². The second kappa shape index (κ2) is 5.25. The minimum atomic E-state index is -0.982. The number of carbonyl (C=O) groups excluding carboxylic acids is 3. The molecule has 8 heteroatoms. The number of hydrogen-bond acceptors (Lipinski definition) is 4. The van der Waals surface area contributed by atoms with Crippen LogP contribution in [-0.4, -0.2) is 33.8 Å². The Kier molecular flexibility index (Phi) is 3.66. The lowest BCUT2D eigenvalue weighted by Gasteiger charge is -2.21. The van der Waals surface area contributed by atoms with Crippen molar-refractivity contribution in [3.8, 4) is 0 Å². The molecule has 0 saturated carbocycles. The topological polar surface area (TPSA) is 105 Å². The quantitative estimate of drug-likeness (QED) is 0.387. The van der Waals surface area contributed by atoms with Gasteiger partial charge in [0.25, 0.3) is 17.7 Å². The van der Waals surface area contributed by atoms with Crippen molar-refractivity contribution in [1.82, 2.24) is 15.8 Å². The van der Waals surface area contributed by atoms with Gasteiger partial charge in [0.05, 0.1) is 11.1 Å². The summed E-state index contributed by atoms with van der Waals surface area (Å²) in [5.74, 6) is -1.58. The monoisotopic (exact) mass is 292 g/mol. The molecule has 104 valence electrons. The van der Waals surface area contributed by atoms with Crippen LogP contribution >= 0.6 is 12.2 Å². The Bertz CT molecular complexity index is 581. The Morgan fingerprint density at radius 2 is 1.70 bits per heavy atom. The molecule has 1 atom stereocenters. The van der Waals surface area contributed by atoms with Crippen LogP contribution in [0.1, 0.15) is 27.6 Å². The summed E-state index contributed by atoms with van der Waals surface area (Å²) in [6, 6.07) is 5.43. The van der Waals surface area contributed by atoms with Gasteiger partial charge in [0.15, 0.2) is 5.11 Å². The highest BCUT2D eigenvalue weighted by Gasteiger charge is 2.40. The molecule has 1 aliphatic heterocycles. The van der Waals surface area contributed by atoms with Crippen LogP contribution in [0.3, 0.4) is 0 Å². The normalized spacial score (nSPS) is 14.8. The molecule has 20 heavy (non-hydrogen) atoms. The van der Waals surface area contributed by atoms with Gasteiger partial charge in [-0.1, -0.05) is 12.1 Å². The Labute approximate surface area is 120 Å². The number of benzene rings is 1. The maximum atomic E-state index is 12.1. The summed E-state index contributed by atoms with van der Waals surface area (Å²) in [6.07, 6.45) is 0. The van der Waals surface area contributed by atoms with E-state index >= 15 is 0 Å². The van der Waals surface area contributed by atoms with Crippen molar-refractivity contribution in [3.05, 3.63) is 35.4 Å². The summed E-state index contributed by atoms with van der Waals surface area (Å²) in [4.78, 5) is 37.0. The molecule has 0 aromatic heterocycles. The minimum Gasteiger partial charge on any atom is -0.375 e. The number of fused-ring (bicyclic) bond motifs is 1. The molecule has 7 nitrogen and oxygen atoms in total. The van der Waals surface area contributed by atoms with E-state index in [1.54, 1.807) is 24.3 Å².